The van der Waals surface area contributed by atoms with Crippen LogP contribution in [0.3, 0.4) is 0 Å². The van der Waals surface area contributed by atoms with Crippen LogP contribution >= 0.6 is 0 Å². The van der Waals surface area contributed by atoms with Gasteiger partial charge in [0.25, 0.3) is 6.43 Å². The van der Waals surface area contributed by atoms with Crippen LogP contribution in [0.2, 0.25) is 0 Å². The van der Waals surface area contributed by atoms with Crippen LogP contribution in [-0.2, 0) is 6.42 Å². The molecule has 1 aromatic carbocycles. The third-order valence-corrected chi connectivity index (χ3v) is 3.03. The van der Waals surface area contributed by atoms with E-state index in [0.29, 0.717) is 5.92 Å². The van der Waals surface area contributed by atoms with Gasteiger partial charge in [-0.25, -0.2) is 8.78 Å². The monoisotopic (exact) mass is 227 g/mol. The standard InChI is InChI=1S/C12H15F2NO/c13-12(14)10-2-1-9(11(16)6-10)5-8-3-4-15-7-8/h1-2,6,8,12,15-16H,3-5,7H2. The first-order chi connectivity index (χ1) is 7.66. The minimum absolute atomic E-state index is 0.00954. The molecule has 0 saturated carbocycles. The van der Waals surface area contributed by atoms with Crippen LogP contribution in [0.1, 0.15) is 24.0 Å². The summed E-state index contributed by atoms with van der Waals surface area (Å²) < 4.78 is 24.7. The summed E-state index contributed by atoms with van der Waals surface area (Å²) in [6.45, 7) is 1.94. The second kappa shape index (κ2) is 4.78. The molecule has 16 heavy (non-hydrogen) atoms. The Morgan fingerprint density at radius 2 is 2.25 bits per heavy atom. The van der Waals surface area contributed by atoms with E-state index in [4.69, 9.17) is 0 Å². The van der Waals surface area contributed by atoms with Gasteiger partial charge in [0, 0.05) is 5.56 Å². The molecular weight excluding hydrogens is 212 g/mol. The molecule has 0 amide bonds. The van der Waals surface area contributed by atoms with E-state index in [-0.39, 0.29) is 11.3 Å². The van der Waals surface area contributed by atoms with Gasteiger partial charge in [0.15, 0.2) is 0 Å². The van der Waals surface area contributed by atoms with Crippen molar-refractivity contribution in [3.63, 3.8) is 0 Å². The number of hydrogen-bond acceptors (Lipinski definition) is 2. The second-order valence-corrected chi connectivity index (χ2v) is 4.25. The number of aromatic hydroxyl groups is 1. The Hall–Kier alpha value is -1.16. The molecule has 1 aliphatic heterocycles. The Labute approximate surface area is 93.3 Å². The number of phenolic OH excluding ortho intramolecular Hbond substituents is 1. The fourth-order valence-corrected chi connectivity index (χ4v) is 2.09. The summed E-state index contributed by atoms with van der Waals surface area (Å²) >= 11 is 0. The lowest BCUT2D eigenvalue weighted by Crippen LogP contribution is -2.10. The minimum Gasteiger partial charge on any atom is -0.508 e. The summed E-state index contributed by atoms with van der Waals surface area (Å²) in [6.07, 6.45) is -0.689. The van der Waals surface area contributed by atoms with E-state index in [0.717, 1.165) is 31.5 Å². The molecule has 0 aromatic heterocycles. The van der Waals surface area contributed by atoms with Crippen LogP contribution in [0.15, 0.2) is 18.2 Å². The molecular formula is C12H15F2NO. The van der Waals surface area contributed by atoms with Crippen molar-refractivity contribution in [1.82, 2.24) is 5.32 Å². The number of rotatable bonds is 3. The lowest BCUT2D eigenvalue weighted by Gasteiger charge is -2.11. The highest BCUT2D eigenvalue weighted by atomic mass is 19.3. The molecule has 4 heteroatoms. The second-order valence-electron chi connectivity index (χ2n) is 4.25. The molecule has 0 bridgehead atoms. The molecule has 1 heterocycles. The number of phenols is 1. The van der Waals surface area contributed by atoms with Gasteiger partial charge in [-0.05, 0) is 43.5 Å². The Bertz CT molecular complexity index is 362. The molecule has 1 fully saturated rings. The lowest BCUT2D eigenvalue weighted by molar-refractivity contribution is 0.151. The summed E-state index contributed by atoms with van der Waals surface area (Å²) in [7, 11) is 0. The molecule has 1 aromatic rings. The fourth-order valence-electron chi connectivity index (χ4n) is 2.09. The molecule has 1 saturated heterocycles. The number of halogens is 2. The smallest absolute Gasteiger partial charge is 0.263 e. The number of nitrogens with one attached hydrogen (secondary N) is 1. The zero-order valence-corrected chi connectivity index (χ0v) is 8.92. The van der Waals surface area contributed by atoms with Crippen molar-refractivity contribution in [2.24, 2.45) is 5.92 Å². The first kappa shape index (κ1) is 11.3. The van der Waals surface area contributed by atoms with Gasteiger partial charge in [-0.1, -0.05) is 12.1 Å². The Morgan fingerprint density at radius 1 is 1.44 bits per heavy atom. The summed E-state index contributed by atoms with van der Waals surface area (Å²) in [6, 6.07) is 4.17. The lowest BCUT2D eigenvalue weighted by atomic mass is 9.97. The third-order valence-electron chi connectivity index (χ3n) is 3.03. The van der Waals surface area contributed by atoms with E-state index in [9.17, 15) is 13.9 Å². The largest absolute Gasteiger partial charge is 0.508 e. The van der Waals surface area contributed by atoms with Crippen molar-refractivity contribution >= 4 is 0 Å². The number of hydrogen-bond donors (Lipinski definition) is 2. The summed E-state index contributed by atoms with van der Waals surface area (Å²) in [5.74, 6) is 0.494. The average Bonchev–Trinajstić information content (AvgIpc) is 2.73. The third kappa shape index (κ3) is 2.50. The molecule has 0 aliphatic carbocycles. The topological polar surface area (TPSA) is 32.3 Å². The van der Waals surface area contributed by atoms with Crippen LogP contribution < -0.4 is 5.32 Å². The normalized spacial score (nSPS) is 20.6. The van der Waals surface area contributed by atoms with Gasteiger partial charge in [0.2, 0.25) is 0 Å². The maximum atomic E-state index is 12.4. The van der Waals surface area contributed by atoms with Gasteiger partial charge in [0.05, 0.1) is 0 Å². The number of alkyl halides is 2. The Morgan fingerprint density at radius 3 is 2.81 bits per heavy atom. The molecule has 2 nitrogen and oxygen atoms in total. The minimum atomic E-state index is -2.52. The van der Waals surface area contributed by atoms with Crippen molar-refractivity contribution in [1.29, 1.82) is 0 Å². The van der Waals surface area contributed by atoms with E-state index in [1.165, 1.54) is 12.1 Å². The maximum Gasteiger partial charge on any atom is 0.263 e. The van der Waals surface area contributed by atoms with E-state index in [2.05, 4.69) is 5.32 Å². The van der Waals surface area contributed by atoms with Crippen molar-refractivity contribution in [2.75, 3.05) is 13.1 Å². The summed E-state index contributed by atoms with van der Waals surface area (Å²) in [5, 5.41) is 12.9. The highest BCUT2D eigenvalue weighted by Gasteiger charge is 2.17. The van der Waals surface area contributed by atoms with Gasteiger partial charge in [-0.15, -0.1) is 0 Å². The molecule has 1 atom stereocenters. The van der Waals surface area contributed by atoms with Crippen LogP contribution in [-0.4, -0.2) is 18.2 Å². The summed E-state index contributed by atoms with van der Waals surface area (Å²) in [5.41, 5.74) is 0.642. The predicted octanol–water partition coefficient (Wildman–Crippen LogP) is 2.48. The fraction of sp³-hybridized carbons (Fsp3) is 0.500. The van der Waals surface area contributed by atoms with E-state index < -0.39 is 6.43 Å². The number of benzene rings is 1. The van der Waals surface area contributed by atoms with Gasteiger partial charge >= 0.3 is 0 Å². The van der Waals surface area contributed by atoms with Crippen molar-refractivity contribution in [2.45, 2.75) is 19.3 Å². The molecule has 0 radical (unpaired) electrons. The van der Waals surface area contributed by atoms with Gasteiger partial charge in [0.1, 0.15) is 5.75 Å². The summed E-state index contributed by atoms with van der Waals surface area (Å²) in [4.78, 5) is 0. The van der Waals surface area contributed by atoms with E-state index >= 15 is 0 Å². The van der Waals surface area contributed by atoms with Gasteiger partial charge < -0.3 is 10.4 Å². The Kier molecular flexibility index (Phi) is 3.39. The van der Waals surface area contributed by atoms with Crippen LogP contribution in [0, 0.1) is 5.92 Å². The molecule has 1 unspecified atom stereocenters. The predicted molar refractivity (Wildman–Crippen MR) is 57.7 cm³/mol. The van der Waals surface area contributed by atoms with Crippen LogP contribution in [0.5, 0.6) is 5.75 Å². The van der Waals surface area contributed by atoms with Crippen molar-refractivity contribution in [3.8, 4) is 5.75 Å². The first-order valence-electron chi connectivity index (χ1n) is 5.47. The zero-order valence-electron chi connectivity index (χ0n) is 8.92. The molecule has 88 valence electrons. The molecule has 1 aliphatic rings. The SMILES string of the molecule is Oc1cc(C(F)F)ccc1CC1CCNC1. The first-order valence-corrected chi connectivity index (χ1v) is 5.47. The highest BCUT2D eigenvalue weighted by Crippen LogP contribution is 2.28. The average molecular weight is 227 g/mol. The van der Waals surface area contributed by atoms with Gasteiger partial charge in [-0.2, -0.15) is 0 Å². The van der Waals surface area contributed by atoms with Crippen LogP contribution in [0.25, 0.3) is 0 Å². The van der Waals surface area contributed by atoms with Crippen molar-refractivity contribution < 1.29 is 13.9 Å². The molecule has 2 rings (SSSR count). The Balaban J connectivity index is 2.09. The van der Waals surface area contributed by atoms with Gasteiger partial charge in [-0.3, -0.25) is 0 Å². The highest BCUT2D eigenvalue weighted by molar-refractivity contribution is 5.37. The van der Waals surface area contributed by atoms with Crippen molar-refractivity contribution in [3.05, 3.63) is 29.3 Å². The quantitative estimate of drug-likeness (QED) is 0.831. The molecule has 2 N–H and O–H groups in total. The van der Waals surface area contributed by atoms with E-state index in [1.807, 2.05) is 0 Å². The maximum absolute atomic E-state index is 12.4. The molecule has 0 spiro atoms. The zero-order chi connectivity index (χ0) is 11.5. The van der Waals surface area contributed by atoms with E-state index in [1.54, 1.807) is 6.07 Å². The van der Waals surface area contributed by atoms with Crippen LogP contribution in [0.4, 0.5) is 8.78 Å².